The van der Waals surface area contributed by atoms with E-state index < -0.39 is 35.8 Å². The SMILES string of the molecule is C=CCNC(=O)N[C@H]1CCN(C(=O)c2cnccn2)[C@H]1C(=O)N(C)CC(N)=O. The maximum atomic E-state index is 12.9. The van der Waals surface area contributed by atoms with Crippen LogP contribution in [-0.4, -0.2) is 82.3 Å². The van der Waals surface area contributed by atoms with Gasteiger partial charge in [0.15, 0.2) is 0 Å². The second-order valence-corrected chi connectivity index (χ2v) is 6.23. The Balaban J connectivity index is 2.24. The van der Waals surface area contributed by atoms with E-state index in [9.17, 15) is 19.2 Å². The van der Waals surface area contributed by atoms with Gasteiger partial charge in [-0.1, -0.05) is 6.08 Å². The number of nitrogens with two attached hydrogens (primary N) is 1. The van der Waals surface area contributed by atoms with Gasteiger partial charge in [0, 0.05) is 32.5 Å². The lowest BCUT2D eigenvalue weighted by Crippen LogP contribution is -2.57. The quantitative estimate of drug-likeness (QED) is 0.482. The summed E-state index contributed by atoms with van der Waals surface area (Å²) in [6, 6.07) is -2.14. The zero-order chi connectivity index (χ0) is 20.7. The zero-order valence-electron chi connectivity index (χ0n) is 15.5. The number of hydrogen-bond acceptors (Lipinski definition) is 6. The Morgan fingerprint density at radius 2 is 2.14 bits per heavy atom. The van der Waals surface area contributed by atoms with Gasteiger partial charge < -0.3 is 26.2 Å². The molecular formula is C17H23N7O4. The summed E-state index contributed by atoms with van der Waals surface area (Å²) in [7, 11) is 1.41. The third-order valence-electron chi connectivity index (χ3n) is 4.19. The van der Waals surface area contributed by atoms with Crippen molar-refractivity contribution in [1.82, 2.24) is 30.4 Å². The normalized spacial score (nSPS) is 18.2. The number of nitrogens with one attached hydrogen (secondary N) is 2. The molecule has 1 aliphatic rings. The molecule has 0 aliphatic carbocycles. The summed E-state index contributed by atoms with van der Waals surface area (Å²) in [5.41, 5.74) is 5.24. The molecule has 0 spiro atoms. The van der Waals surface area contributed by atoms with E-state index in [2.05, 4.69) is 27.2 Å². The van der Waals surface area contributed by atoms with Crippen LogP contribution in [0, 0.1) is 0 Å². The number of rotatable bonds is 7. The first-order chi connectivity index (χ1) is 13.3. The number of nitrogens with zero attached hydrogens (tertiary/aromatic N) is 4. The number of hydrogen-bond donors (Lipinski definition) is 3. The second-order valence-electron chi connectivity index (χ2n) is 6.23. The van der Waals surface area contributed by atoms with Gasteiger partial charge in [0.25, 0.3) is 5.91 Å². The molecule has 5 amide bonds. The fourth-order valence-corrected chi connectivity index (χ4v) is 2.96. The Morgan fingerprint density at radius 1 is 1.39 bits per heavy atom. The smallest absolute Gasteiger partial charge is 0.315 e. The third-order valence-corrected chi connectivity index (χ3v) is 4.19. The van der Waals surface area contributed by atoms with Crippen LogP contribution >= 0.6 is 0 Å². The highest BCUT2D eigenvalue weighted by Crippen LogP contribution is 2.22. The number of carbonyl (C=O) groups excluding carboxylic acids is 4. The molecule has 11 nitrogen and oxygen atoms in total. The lowest BCUT2D eigenvalue weighted by molar-refractivity contribution is -0.137. The Kier molecular flexibility index (Phi) is 7.02. The lowest BCUT2D eigenvalue weighted by atomic mass is 10.1. The van der Waals surface area contributed by atoms with Crippen molar-refractivity contribution in [2.75, 3.05) is 26.7 Å². The van der Waals surface area contributed by atoms with Crippen LogP contribution < -0.4 is 16.4 Å². The molecule has 150 valence electrons. The van der Waals surface area contributed by atoms with Gasteiger partial charge in [0.1, 0.15) is 11.7 Å². The average molecular weight is 389 g/mol. The molecule has 1 saturated heterocycles. The number of aromatic nitrogens is 2. The topological polar surface area (TPSA) is 151 Å². The molecule has 2 atom stereocenters. The van der Waals surface area contributed by atoms with Crippen LogP contribution in [0.15, 0.2) is 31.2 Å². The van der Waals surface area contributed by atoms with Gasteiger partial charge in [-0.3, -0.25) is 19.4 Å². The first-order valence-electron chi connectivity index (χ1n) is 8.60. The molecule has 2 heterocycles. The van der Waals surface area contributed by atoms with Crippen LogP contribution in [0.25, 0.3) is 0 Å². The second kappa shape index (κ2) is 9.44. The molecule has 0 bridgehead atoms. The summed E-state index contributed by atoms with van der Waals surface area (Å²) in [5, 5.41) is 5.26. The van der Waals surface area contributed by atoms with Crippen molar-refractivity contribution in [2.24, 2.45) is 5.73 Å². The van der Waals surface area contributed by atoms with E-state index >= 15 is 0 Å². The van der Waals surface area contributed by atoms with E-state index in [4.69, 9.17) is 5.73 Å². The van der Waals surface area contributed by atoms with Crippen LogP contribution in [0.2, 0.25) is 0 Å². The van der Waals surface area contributed by atoms with E-state index in [-0.39, 0.29) is 25.3 Å². The summed E-state index contributed by atoms with van der Waals surface area (Å²) < 4.78 is 0. The van der Waals surface area contributed by atoms with E-state index in [1.165, 1.54) is 36.6 Å². The number of urea groups is 1. The summed E-state index contributed by atoms with van der Waals surface area (Å²) in [6.45, 7) is 3.68. The van der Waals surface area contributed by atoms with Crippen LogP contribution in [0.4, 0.5) is 4.79 Å². The van der Waals surface area contributed by atoms with Gasteiger partial charge in [0.2, 0.25) is 11.8 Å². The molecule has 2 rings (SSSR count). The van der Waals surface area contributed by atoms with Crippen molar-refractivity contribution in [3.63, 3.8) is 0 Å². The Hall–Kier alpha value is -3.50. The summed E-state index contributed by atoms with van der Waals surface area (Å²) in [6.07, 6.45) is 5.97. The van der Waals surface area contributed by atoms with Crippen molar-refractivity contribution in [3.05, 3.63) is 36.9 Å². The number of likely N-dealkylation sites (tertiary alicyclic amines) is 1. The van der Waals surface area contributed by atoms with E-state index in [1.807, 2.05) is 0 Å². The molecule has 28 heavy (non-hydrogen) atoms. The monoisotopic (exact) mass is 389 g/mol. The Bertz CT molecular complexity index is 755. The summed E-state index contributed by atoms with van der Waals surface area (Å²) in [4.78, 5) is 59.3. The minimum absolute atomic E-state index is 0.0783. The minimum Gasteiger partial charge on any atom is -0.368 e. The number of likely N-dealkylation sites (N-methyl/N-ethyl adjacent to an activating group) is 1. The molecule has 1 aromatic heterocycles. The summed E-state index contributed by atoms with van der Waals surface area (Å²) >= 11 is 0. The molecule has 0 saturated carbocycles. The van der Waals surface area contributed by atoms with Crippen molar-refractivity contribution >= 4 is 23.8 Å². The van der Waals surface area contributed by atoms with Crippen LogP contribution in [0.5, 0.6) is 0 Å². The predicted octanol–water partition coefficient (Wildman–Crippen LogP) is -1.51. The van der Waals surface area contributed by atoms with Crippen molar-refractivity contribution in [3.8, 4) is 0 Å². The molecular weight excluding hydrogens is 366 g/mol. The molecule has 0 radical (unpaired) electrons. The maximum absolute atomic E-state index is 12.9. The number of amides is 5. The molecule has 4 N–H and O–H groups in total. The first-order valence-corrected chi connectivity index (χ1v) is 8.60. The highest BCUT2D eigenvalue weighted by Gasteiger charge is 2.44. The third kappa shape index (κ3) is 5.02. The predicted molar refractivity (Wildman–Crippen MR) is 98.8 cm³/mol. The van der Waals surface area contributed by atoms with Crippen molar-refractivity contribution < 1.29 is 19.2 Å². The zero-order valence-corrected chi connectivity index (χ0v) is 15.5. The first kappa shape index (κ1) is 20.8. The van der Waals surface area contributed by atoms with Crippen LogP contribution in [0.1, 0.15) is 16.9 Å². The molecule has 1 aliphatic heterocycles. The lowest BCUT2D eigenvalue weighted by Gasteiger charge is -2.30. The molecule has 0 unspecified atom stereocenters. The molecule has 11 heteroatoms. The van der Waals surface area contributed by atoms with E-state index in [1.54, 1.807) is 0 Å². The highest BCUT2D eigenvalue weighted by atomic mass is 16.2. The number of carbonyl (C=O) groups is 4. The summed E-state index contributed by atoms with van der Waals surface area (Å²) in [5.74, 6) is -1.69. The Morgan fingerprint density at radius 3 is 2.75 bits per heavy atom. The van der Waals surface area contributed by atoms with Crippen LogP contribution in [0.3, 0.4) is 0 Å². The van der Waals surface area contributed by atoms with Crippen molar-refractivity contribution in [1.29, 1.82) is 0 Å². The van der Waals surface area contributed by atoms with Gasteiger partial charge in [-0.25, -0.2) is 9.78 Å². The van der Waals surface area contributed by atoms with Gasteiger partial charge in [0.05, 0.1) is 18.8 Å². The maximum Gasteiger partial charge on any atom is 0.315 e. The Labute approximate surface area is 162 Å². The fraction of sp³-hybridized carbons (Fsp3) is 0.412. The fourth-order valence-electron chi connectivity index (χ4n) is 2.96. The molecule has 1 aromatic rings. The minimum atomic E-state index is -1.01. The highest BCUT2D eigenvalue weighted by molar-refractivity contribution is 5.97. The molecule has 0 aromatic carbocycles. The van der Waals surface area contributed by atoms with Crippen LogP contribution in [-0.2, 0) is 9.59 Å². The van der Waals surface area contributed by atoms with Gasteiger partial charge in [-0.15, -0.1) is 6.58 Å². The van der Waals surface area contributed by atoms with Gasteiger partial charge >= 0.3 is 6.03 Å². The van der Waals surface area contributed by atoms with E-state index in [0.29, 0.717) is 6.42 Å². The van der Waals surface area contributed by atoms with Gasteiger partial charge in [-0.2, -0.15) is 0 Å². The van der Waals surface area contributed by atoms with E-state index in [0.717, 1.165) is 4.90 Å². The van der Waals surface area contributed by atoms with Gasteiger partial charge in [-0.05, 0) is 6.42 Å². The molecule has 1 fully saturated rings. The largest absolute Gasteiger partial charge is 0.368 e. The standard InChI is InChI=1S/C17H23N7O4/c1-3-5-21-17(28)22-11-4-8-24(15(26)12-9-19-6-7-20-12)14(11)16(27)23(2)10-13(18)25/h3,6-7,9,11,14H,1,4-5,8,10H2,2H3,(H2,18,25)(H2,21,22,28)/t11-,14+/m0/s1. The average Bonchev–Trinajstić information content (AvgIpc) is 3.08. The number of primary amides is 1. The van der Waals surface area contributed by atoms with Crippen molar-refractivity contribution in [2.45, 2.75) is 18.5 Å².